The first-order valence-corrected chi connectivity index (χ1v) is 10.1. The molecule has 0 unspecified atom stereocenters. The predicted octanol–water partition coefficient (Wildman–Crippen LogP) is 2.93. The summed E-state index contributed by atoms with van der Waals surface area (Å²) in [6.45, 7) is 2.47. The second-order valence-corrected chi connectivity index (χ2v) is 7.35. The maximum Gasteiger partial charge on any atom is 0.271 e. The number of para-hydroxylation sites is 1. The highest BCUT2D eigenvalue weighted by atomic mass is 35.5. The molecule has 4 N–H and O–H groups in total. The van der Waals surface area contributed by atoms with Gasteiger partial charge >= 0.3 is 0 Å². The fourth-order valence-corrected chi connectivity index (χ4v) is 3.66. The molecule has 0 radical (unpaired) electrons. The molecule has 8 nitrogen and oxygen atoms in total. The minimum atomic E-state index is -0.413. The topological polar surface area (TPSA) is 99.4 Å². The number of nitrogens with one attached hydrogen (secondary N) is 2. The van der Waals surface area contributed by atoms with Gasteiger partial charge < -0.3 is 15.5 Å². The van der Waals surface area contributed by atoms with Gasteiger partial charge in [0.05, 0.1) is 16.3 Å². The molecule has 2 aromatic carbocycles. The molecule has 10 heteroatoms. The van der Waals surface area contributed by atoms with E-state index in [0.717, 1.165) is 0 Å². The number of hydrogen-bond acceptors (Lipinski definition) is 7. The Kier molecular flexibility index (Phi) is 6.03. The van der Waals surface area contributed by atoms with E-state index in [1.54, 1.807) is 36.4 Å². The van der Waals surface area contributed by atoms with Gasteiger partial charge in [0.1, 0.15) is 17.8 Å². The Bertz CT molecular complexity index is 1090. The van der Waals surface area contributed by atoms with Crippen molar-refractivity contribution >= 4 is 40.5 Å². The van der Waals surface area contributed by atoms with Gasteiger partial charge in [0.2, 0.25) is 0 Å². The summed E-state index contributed by atoms with van der Waals surface area (Å²) < 4.78 is 14.1. The van der Waals surface area contributed by atoms with Crippen LogP contribution in [0.25, 0.3) is 0 Å². The molecular weight excluding hydrogens is 421 g/mol. The first kappa shape index (κ1) is 20.7. The maximum absolute atomic E-state index is 14.1. The van der Waals surface area contributed by atoms with Gasteiger partial charge in [0, 0.05) is 26.2 Å². The molecule has 1 saturated heterocycles. The van der Waals surface area contributed by atoms with Crippen LogP contribution in [-0.2, 0) is 0 Å². The van der Waals surface area contributed by atoms with Crippen molar-refractivity contribution in [2.45, 2.75) is 0 Å². The summed E-state index contributed by atoms with van der Waals surface area (Å²) in [6.07, 6.45) is 1.37. The third-order valence-corrected chi connectivity index (χ3v) is 5.38. The van der Waals surface area contributed by atoms with Gasteiger partial charge in [-0.3, -0.25) is 15.6 Å². The molecule has 0 saturated carbocycles. The maximum atomic E-state index is 14.1. The van der Waals surface area contributed by atoms with Crippen LogP contribution in [-0.4, -0.2) is 42.1 Å². The normalized spacial score (nSPS) is 13.7. The van der Waals surface area contributed by atoms with E-state index in [9.17, 15) is 9.18 Å². The van der Waals surface area contributed by atoms with Crippen LogP contribution in [0.4, 0.5) is 27.4 Å². The van der Waals surface area contributed by atoms with Gasteiger partial charge in [0.25, 0.3) is 5.91 Å². The van der Waals surface area contributed by atoms with Gasteiger partial charge in [-0.15, -0.1) is 0 Å². The Morgan fingerprint density at radius 1 is 1.00 bits per heavy atom. The first-order chi connectivity index (χ1) is 15.0. The number of hydrazine groups is 1. The molecule has 1 aromatic heterocycles. The minimum Gasteiger partial charge on any atom is -0.393 e. The van der Waals surface area contributed by atoms with Gasteiger partial charge in [-0.25, -0.2) is 14.4 Å². The zero-order valence-corrected chi connectivity index (χ0v) is 17.3. The van der Waals surface area contributed by atoms with Crippen molar-refractivity contribution in [2.24, 2.45) is 0 Å². The number of nitrogens with zero attached hydrogens (tertiary/aromatic N) is 4. The number of nitrogen functional groups attached to an aromatic ring is 1. The predicted molar refractivity (Wildman–Crippen MR) is 120 cm³/mol. The Labute approximate surface area is 183 Å². The quantitative estimate of drug-likeness (QED) is 0.523. The van der Waals surface area contributed by atoms with Crippen molar-refractivity contribution in [1.82, 2.24) is 15.4 Å². The summed E-state index contributed by atoms with van der Waals surface area (Å²) in [5.74, 6) is 0.182. The highest BCUT2D eigenvalue weighted by Crippen LogP contribution is 2.28. The fraction of sp³-hybridized carbons (Fsp3) is 0.190. The van der Waals surface area contributed by atoms with E-state index in [1.807, 2.05) is 15.9 Å². The average molecular weight is 442 g/mol. The Hall–Kier alpha value is -3.59. The number of halogens is 2. The number of benzene rings is 2. The largest absolute Gasteiger partial charge is 0.393 e. The summed E-state index contributed by atoms with van der Waals surface area (Å²) in [5, 5.41) is 0.339. The Balaban J connectivity index is 1.42. The number of anilines is 4. The van der Waals surface area contributed by atoms with Crippen molar-refractivity contribution < 1.29 is 9.18 Å². The van der Waals surface area contributed by atoms with Crippen LogP contribution in [0.5, 0.6) is 0 Å². The highest BCUT2D eigenvalue weighted by Gasteiger charge is 2.23. The molecule has 1 aliphatic heterocycles. The molecule has 4 rings (SSSR count). The molecule has 1 aliphatic rings. The van der Waals surface area contributed by atoms with E-state index in [4.69, 9.17) is 17.3 Å². The van der Waals surface area contributed by atoms with Crippen LogP contribution in [0.3, 0.4) is 0 Å². The number of carbonyl (C=O) groups is 1. The lowest BCUT2D eigenvalue weighted by Gasteiger charge is -2.37. The monoisotopic (exact) mass is 441 g/mol. The SMILES string of the molecule is Nc1c(NNC(=O)c2ccccc2Cl)ncnc1N1CCN(c2ccccc2F)CC1. The van der Waals surface area contributed by atoms with E-state index in [1.165, 1.54) is 12.4 Å². The zero-order valence-electron chi connectivity index (χ0n) is 16.6. The van der Waals surface area contributed by atoms with Crippen molar-refractivity contribution in [3.8, 4) is 0 Å². The Morgan fingerprint density at radius 3 is 2.42 bits per heavy atom. The van der Waals surface area contributed by atoms with E-state index in [0.29, 0.717) is 54.0 Å². The van der Waals surface area contributed by atoms with Crippen molar-refractivity contribution in [3.63, 3.8) is 0 Å². The third kappa shape index (κ3) is 4.46. The molecule has 0 atom stereocenters. The van der Waals surface area contributed by atoms with Crippen LogP contribution in [0.2, 0.25) is 5.02 Å². The van der Waals surface area contributed by atoms with Gasteiger partial charge in [-0.2, -0.15) is 0 Å². The molecule has 160 valence electrons. The summed E-state index contributed by atoms with van der Waals surface area (Å²) in [6, 6.07) is 13.4. The number of amides is 1. The smallest absolute Gasteiger partial charge is 0.271 e. The molecule has 1 amide bonds. The molecule has 1 fully saturated rings. The summed E-state index contributed by atoms with van der Waals surface area (Å²) in [4.78, 5) is 24.8. The van der Waals surface area contributed by atoms with Crippen LogP contribution in [0, 0.1) is 5.82 Å². The van der Waals surface area contributed by atoms with Crippen molar-refractivity contribution in [1.29, 1.82) is 0 Å². The number of carbonyl (C=O) groups excluding carboxylic acids is 1. The number of piperazine rings is 1. The Morgan fingerprint density at radius 2 is 1.68 bits per heavy atom. The first-order valence-electron chi connectivity index (χ1n) is 9.70. The second kappa shape index (κ2) is 9.05. The van der Waals surface area contributed by atoms with E-state index in [-0.39, 0.29) is 11.6 Å². The van der Waals surface area contributed by atoms with Gasteiger partial charge in [0.15, 0.2) is 11.6 Å². The summed E-state index contributed by atoms with van der Waals surface area (Å²) >= 11 is 6.05. The van der Waals surface area contributed by atoms with Gasteiger partial charge in [-0.1, -0.05) is 35.9 Å². The fourth-order valence-electron chi connectivity index (χ4n) is 3.43. The number of rotatable bonds is 5. The number of nitrogens with two attached hydrogens (primary N) is 1. The molecule has 0 spiro atoms. The molecule has 0 aliphatic carbocycles. The lowest BCUT2D eigenvalue weighted by atomic mass is 10.2. The minimum absolute atomic E-state index is 0.238. The zero-order chi connectivity index (χ0) is 21.8. The molecular formula is C21H21ClFN7O. The second-order valence-electron chi connectivity index (χ2n) is 6.94. The van der Waals surface area contributed by atoms with Crippen LogP contribution in [0.15, 0.2) is 54.9 Å². The van der Waals surface area contributed by atoms with E-state index < -0.39 is 5.91 Å². The molecule has 0 bridgehead atoms. The van der Waals surface area contributed by atoms with Crippen LogP contribution in [0.1, 0.15) is 10.4 Å². The van der Waals surface area contributed by atoms with E-state index in [2.05, 4.69) is 20.8 Å². The third-order valence-electron chi connectivity index (χ3n) is 5.05. The standard InChI is InChI=1S/C21H21ClFN7O/c22-15-6-2-1-5-14(15)21(31)28-27-19-18(24)20(26-13-25-19)30-11-9-29(10-12-30)17-8-4-3-7-16(17)23/h1-8,13H,9-12,24H2,(H,28,31)(H,25,26,27). The lowest BCUT2D eigenvalue weighted by molar-refractivity contribution is 0.0962. The summed E-state index contributed by atoms with van der Waals surface area (Å²) in [7, 11) is 0. The average Bonchev–Trinajstić information content (AvgIpc) is 2.79. The van der Waals surface area contributed by atoms with Crippen LogP contribution < -0.4 is 26.4 Å². The molecule has 3 aromatic rings. The lowest BCUT2D eigenvalue weighted by Crippen LogP contribution is -2.47. The molecule has 2 heterocycles. The summed E-state index contributed by atoms with van der Waals surface area (Å²) in [5.41, 5.74) is 12.8. The van der Waals surface area contributed by atoms with Crippen molar-refractivity contribution in [2.75, 3.05) is 47.1 Å². The highest BCUT2D eigenvalue weighted by molar-refractivity contribution is 6.33. The number of aromatic nitrogens is 2. The van der Waals surface area contributed by atoms with Crippen molar-refractivity contribution in [3.05, 3.63) is 71.3 Å². The number of hydrogen-bond donors (Lipinski definition) is 3. The molecule has 31 heavy (non-hydrogen) atoms. The van der Waals surface area contributed by atoms with Gasteiger partial charge in [-0.05, 0) is 24.3 Å². The van der Waals surface area contributed by atoms with Crippen LogP contribution >= 0.6 is 11.6 Å². The van der Waals surface area contributed by atoms with E-state index >= 15 is 0 Å².